The van der Waals surface area contributed by atoms with Crippen molar-refractivity contribution in [2.24, 2.45) is 0 Å². The van der Waals surface area contributed by atoms with E-state index in [-0.39, 0.29) is 5.82 Å². The van der Waals surface area contributed by atoms with Crippen LogP contribution in [0, 0.1) is 29.6 Å². The molecule has 0 spiro atoms. The van der Waals surface area contributed by atoms with Crippen LogP contribution in [0.4, 0.5) is 0 Å². The topological polar surface area (TPSA) is 78.3 Å². The Morgan fingerprint density at radius 2 is 2.00 bits per heavy atom. The Morgan fingerprint density at radius 1 is 1.19 bits per heavy atom. The van der Waals surface area contributed by atoms with Crippen molar-refractivity contribution in [2.75, 3.05) is 0 Å². The summed E-state index contributed by atoms with van der Waals surface area (Å²) < 4.78 is 1.51. The zero-order valence-electron chi connectivity index (χ0n) is 8.55. The van der Waals surface area contributed by atoms with Crippen molar-refractivity contribution < 1.29 is 0 Å². The molecule has 5 nitrogen and oxygen atoms in total. The van der Waals surface area contributed by atoms with Crippen LogP contribution in [-0.4, -0.2) is 14.5 Å². The molecule has 0 aliphatic rings. The van der Waals surface area contributed by atoms with Crippen LogP contribution in [0.3, 0.4) is 0 Å². The molecule has 5 heteroatoms. The number of nitriles is 2. The van der Waals surface area contributed by atoms with Gasteiger partial charge in [0, 0.05) is 18.6 Å². The number of rotatable bonds is 1. The van der Waals surface area contributed by atoms with Gasteiger partial charge in [-0.15, -0.1) is 0 Å². The highest BCUT2D eigenvalue weighted by Gasteiger charge is 2.11. The first-order chi connectivity index (χ1) is 7.77. The van der Waals surface area contributed by atoms with Crippen LogP contribution in [-0.2, 0) is 0 Å². The summed E-state index contributed by atoms with van der Waals surface area (Å²) in [5.41, 5.74) is 1.28. The van der Waals surface area contributed by atoms with Gasteiger partial charge in [-0.3, -0.25) is 4.57 Å². The van der Waals surface area contributed by atoms with Gasteiger partial charge in [-0.1, -0.05) is 0 Å². The first kappa shape index (κ1) is 9.88. The molecule has 0 aliphatic carbocycles. The zero-order valence-corrected chi connectivity index (χ0v) is 8.55. The normalized spacial score (nSPS) is 9.44. The average Bonchev–Trinajstić information content (AvgIpc) is 2.76. The third-order valence-corrected chi connectivity index (χ3v) is 2.22. The number of imidazole rings is 1. The molecule has 0 fully saturated rings. The van der Waals surface area contributed by atoms with Gasteiger partial charge >= 0.3 is 0 Å². The Balaban J connectivity index is 2.72. The smallest absolute Gasteiger partial charge is 0.218 e. The Labute approximate surface area is 92.2 Å². The van der Waals surface area contributed by atoms with E-state index in [9.17, 15) is 0 Å². The molecule has 76 valence electrons. The lowest BCUT2D eigenvalue weighted by molar-refractivity contribution is 0.956. The SMILES string of the molecule is Cc1ccnc(-n2ccnc2C#N)c1C#N. The Kier molecular flexibility index (Phi) is 2.37. The maximum absolute atomic E-state index is 9.06. The largest absolute Gasteiger partial charge is 0.274 e. The van der Waals surface area contributed by atoms with E-state index in [0.717, 1.165) is 5.56 Å². The van der Waals surface area contributed by atoms with Crippen molar-refractivity contribution in [3.8, 4) is 18.0 Å². The van der Waals surface area contributed by atoms with Gasteiger partial charge in [0.2, 0.25) is 5.82 Å². The predicted molar refractivity (Wildman–Crippen MR) is 55.5 cm³/mol. The standard InChI is InChI=1S/C11H7N5/c1-8-2-3-15-11(9(8)6-12)16-5-4-14-10(16)7-13/h2-5H,1H3. The summed E-state index contributed by atoms with van der Waals surface area (Å²) in [6.45, 7) is 1.83. The Bertz CT molecular complexity index is 612. The minimum atomic E-state index is 0.217. The molecule has 0 bridgehead atoms. The van der Waals surface area contributed by atoms with Crippen LogP contribution < -0.4 is 0 Å². The van der Waals surface area contributed by atoms with Gasteiger partial charge in [0.15, 0.2) is 5.82 Å². The minimum Gasteiger partial charge on any atom is -0.274 e. The molecule has 0 saturated carbocycles. The lowest BCUT2D eigenvalue weighted by Gasteiger charge is -2.06. The summed E-state index contributed by atoms with van der Waals surface area (Å²) in [7, 11) is 0. The number of nitrogens with zero attached hydrogens (tertiary/aromatic N) is 5. The summed E-state index contributed by atoms with van der Waals surface area (Å²) in [4.78, 5) is 7.98. The second-order valence-electron chi connectivity index (χ2n) is 3.17. The molecule has 0 saturated heterocycles. The summed E-state index contributed by atoms with van der Waals surface area (Å²) >= 11 is 0. The van der Waals surface area contributed by atoms with Crippen molar-refractivity contribution in [1.29, 1.82) is 10.5 Å². The second-order valence-corrected chi connectivity index (χ2v) is 3.17. The van der Waals surface area contributed by atoms with Crippen molar-refractivity contribution in [3.63, 3.8) is 0 Å². The van der Waals surface area contributed by atoms with Crippen molar-refractivity contribution >= 4 is 0 Å². The van der Waals surface area contributed by atoms with E-state index in [0.29, 0.717) is 11.4 Å². The molecule has 0 unspecified atom stereocenters. The van der Waals surface area contributed by atoms with E-state index in [1.165, 1.54) is 10.8 Å². The monoisotopic (exact) mass is 209 g/mol. The summed E-state index contributed by atoms with van der Waals surface area (Å²) in [6.07, 6.45) is 4.72. The van der Waals surface area contributed by atoms with E-state index in [1.807, 2.05) is 13.0 Å². The van der Waals surface area contributed by atoms with Crippen LogP contribution in [0.15, 0.2) is 24.7 Å². The number of aryl methyl sites for hydroxylation is 1. The number of pyridine rings is 1. The first-order valence-electron chi connectivity index (χ1n) is 4.57. The fourth-order valence-electron chi connectivity index (χ4n) is 1.42. The van der Waals surface area contributed by atoms with Gasteiger partial charge in [-0.05, 0) is 18.6 Å². The predicted octanol–water partition coefficient (Wildman–Crippen LogP) is 1.32. The molecule has 0 atom stereocenters. The number of hydrogen-bond donors (Lipinski definition) is 0. The highest BCUT2D eigenvalue weighted by molar-refractivity contribution is 5.49. The van der Waals surface area contributed by atoms with E-state index in [1.54, 1.807) is 18.5 Å². The van der Waals surface area contributed by atoms with Crippen molar-refractivity contribution in [3.05, 3.63) is 41.6 Å². The molecule has 2 aromatic rings. The fraction of sp³-hybridized carbons (Fsp3) is 0.0909. The van der Waals surface area contributed by atoms with Gasteiger partial charge in [0.1, 0.15) is 12.1 Å². The summed E-state index contributed by atoms with van der Waals surface area (Å²) in [6, 6.07) is 5.79. The average molecular weight is 209 g/mol. The molecule has 0 amide bonds. The lowest BCUT2D eigenvalue weighted by atomic mass is 10.1. The molecule has 2 rings (SSSR count). The Morgan fingerprint density at radius 3 is 2.69 bits per heavy atom. The molecule has 16 heavy (non-hydrogen) atoms. The van der Waals surface area contributed by atoms with Gasteiger partial charge in [0.25, 0.3) is 0 Å². The molecular weight excluding hydrogens is 202 g/mol. The molecular formula is C11H7N5. The van der Waals surface area contributed by atoms with E-state index in [4.69, 9.17) is 10.5 Å². The van der Waals surface area contributed by atoms with E-state index >= 15 is 0 Å². The van der Waals surface area contributed by atoms with E-state index in [2.05, 4.69) is 16.0 Å². The third kappa shape index (κ3) is 1.41. The summed E-state index contributed by atoms with van der Waals surface area (Å²) in [5.74, 6) is 0.658. The molecule has 2 aromatic heterocycles. The molecule has 0 N–H and O–H groups in total. The summed E-state index contributed by atoms with van der Waals surface area (Å²) in [5, 5.41) is 17.9. The van der Waals surface area contributed by atoms with E-state index < -0.39 is 0 Å². The van der Waals surface area contributed by atoms with Crippen LogP contribution in [0.1, 0.15) is 17.0 Å². The van der Waals surface area contributed by atoms with Crippen LogP contribution >= 0.6 is 0 Å². The second kappa shape index (κ2) is 3.84. The lowest BCUT2D eigenvalue weighted by Crippen LogP contribution is -2.03. The third-order valence-electron chi connectivity index (χ3n) is 2.22. The van der Waals surface area contributed by atoms with Gasteiger partial charge in [0.05, 0.1) is 5.56 Å². The van der Waals surface area contributed by atoms with Crippen LogP contribution in [0.2, 0.25) is 0 Å². The molecule has 0 aromatic carbocycles. The quantitative estimate of drug-likeness (QED) is 0.709. The highest BCUT2D eigenvalue weighted by Crippen LogP contribution is 2.15. The van der Waals surface area contributed by atoms with Crippen LogP contribution in [0.25, 0.3) is 5.82 Å². The zero-order chi connectivity index (χ0) is 11.5. The highest BCUT2D eigenvalue weighted by atomic mass is 15.1. The first-order valence-corrected chi connectivity index (χ1v) is 4.57. The molecule has 0 aliphatic heterocycles. The molecule has 0 radical (unpaired) electrons. The van der Waals surface area contributed by atoms with Crippen LogP contribution in [0.5, 0.6) is 0 Å². The van der Waals surface area contributed by atoms with Gasteiger partial charge in [-0.2, -0.15) is 10.5 Å². The number of hydrogen-bond acceptors (Lipinski definition) is 4. The minimum absolute atomic E-state index is 0.217. The fourth-order valence-corrected chi connectivity index (χ4v) is 1.42. The number of aromatic nitrogens is 3. The maximum atomic E-state index is 9.06. The van der Waals surface area contributed by atoms with Gasteiger partial charge < -0.3 is 0 Å². The maximum Gasteiger partial charge on any atom is 0.218 e. The van der Waals surface area contributed by atoms with Crippen molar-refractivity contribution in [1.82, 2.24) is 14.5 Å². The molecule has 2 heterocycles. The van der Waals surface area contributed by atoms with Gasteiger partial charge in [-0.25, -0.2) is 9.97 Å². The van der Waals surface area contributed by atoms with Crippen molar-refractivity contribution in [2.45, 2.75) is 6.92 Å². The Hall–Kier alpha value is -2.66.